The summed E-state index contributed by atoms with van der Waals surface area (Å²) in [5.74, 6) is -1.83. The van der Waals surface area contributed by atoms with E-state index in [1.807, 2.05) is 19.1 Å². The number of hydrogen-bond donors (Lipinski definition) is 2. The van der Waals surface area contributed by atoms with Crippen LogP contribution in [-0.4, -0.2) is 33.4 Å². The van der Waals surface area contributed by atoms with Gasteiger partial charge >= 0.3 is 6.18 Å². The molecule has 0 aliphatic carbocycles. The van der Waals surface area contributed by atoms with Crippen molar-refractivity contribution in [3.8, 4) is 0 Å². The van der Waals surface area contributed by atoms with E-state index in [4.69, 9.17) is 0 Å². The second-order valence-corrected chi connectivity index (χ2v) is 7.07. The average Bonchev–Trinajstić information content (AvgIpc) is 3.12. The second-order valence-electron chi connectivity index (χ2n) is 7.07. The van der Waals surface area contributed by atoms with Gasteiger partial charge in [-0.25, -0.2) is 19.4 Å². The summed E-state index contributed by atoms with van der Waals surface area (Å²) in [5, 5.41) is 1.76. The predicted molar refractivity (Wildman–Crippen MR) is 99.1 cm³/mol. The molecule has 30 heavy (non-hydrogen) atoms. The topological polar surface area (TPSA) is 73.4 Å². The SMILES string of the molecule is Cc1ccnc(N2NNC3=C2CCN(C(=O)c2ccnc(C(F)(F)F)c2F)C3C)c1. The van der Waals surface area contributed by atoms with Gasteiger partial charge in [0.2, 0.25) is 0 Å². The lowest BCUT2D eigenvalue weighted by Gasteiger charge is -2.34. The third-order valence-corrected chi connectivity index (χ3v) is 5.14. The number of aromatic nitrogens is 2. The number of aryl methyl sites for hydroxylation is 1. The predicted octanol–water partition coefficient (Wildman–Crippen LogP) is 2.92. The molecule has 0 aromatic carbocycles. The largest absolute Gasteiger partial charge is 0.436 e. The van der Waals surface area contributed by atoms with Crippen LogP contribution in [0.3, 0.4) is 0 Å². The van der Waals surface area contributed by atoms with Crippen molar-refractivity contribution in [1.29, 1.82) is 0 Å². The van der Waals surface area contributed by atoms with E-state index in [1.165, 1.54) is 4.90 Å². The van der Waals surface area contributed by atoms with Gasteiger partial charge in [-0.1, -0.05) is 0 Å². The quantitative estimate of drug-likeness (QED) is 0.726. The van der Waals surface area contributed by atoms with E-state index < -0.39 is 35.2 Å². The van der Waals surface area contributed by atoms with Crippen molar-refractivity contribution < 1.29 is 22.4 Å². The minimum absolute atomic E-state index is 0.202. The Labute approximate surface area is 169 Å². The molecular weight excluding hydrogens is 404 g/mol. The molecule has 2 aromatic rings. The lowest BCUT2D eigenvalue weighted by atomic mass is 10.0. The van der Waals surface area contributed by atoms with Crippen LogP contribution in [0, 0.1) is 12.7 Å². The van der Waals surface area contributed by atoms with Crippen LogP contribution in [0.4, 0.5) is 23.4 Å². The number of amides is 1. The Hall–Kier alpha value is -3.21. The zero-order chi connectivity index (χ0) is 21.6. The Morgan fingerprint density at radius 1 is 1.23 bits per heavy atom. The van der Waals surface area contributed by atoms with Crippen LogP contribution < -0.4 is 16.0 Å². The number of nitrogens with one attached hydrogen (secondary N) is 2. The maximum absolute atomic E-state index is 14.4. The maximum atomic E-state index is 14.4. The fourth-order valence-corrected chi connectivity index (χ4v) is 3.62. The van der Waals surface area contributed by atoms with Gasteiger partial charge in [0.1, 0.15) is 5.82 Å². The molecule has 1 amide bonds. The van der Waals surface area contributed by atoms with Crippen LogP contribution in [0.1, 0.15) is 35.0 Å². The second kappa shape index (κ2) is 7.24. The van der Waals surface area contributed by atoms with Crippen LogP contribution in [0.25, 0.3) is 0 Å². The molecule has 0 radical (unpaired) electrons. The number of carbonyl (C=O) groups excluding carboxylic acids is 1. The third kappa shape index (κ3) is 3.34. The Morgan fingerprint density at radius 2 is 1.97 bits per heavy atom. The van der Waals surface area contributed by atoms with Crippen LogP contribution in [-0.2, 0) is 6.18 Å². The first-order valence-electron chi connectivity index (χ1n) is 9.18. The van der Waals surface area contributed by atoms with Crippen molar-refractivity contribution >= 4 is 11.7 Å². The first kappa shape index (κ1) is 20.1. The van der Waals surface area contributed by atoms with Gasteiger partial charge in [-0.2, -0.15) is 13.2 Å². The number of carbonyl (C=O) groups is 1. The summed E-state index contributed by atoms with van der Waals surface area (Å²) in [4.78, 5) is 21.6. The van der Waals surface area contributed by atoms with Crippen LogP contribution in [0.5, 0.6) is 0 Å². The van der Waals surface area contributed by atoms with E-state index in [9.17, 15) is 22.4 Å². The standard InChI is InChI=1S/C19H18F4N6O/c1-10-3-6-24-14(9-10)29-13-5-8-28(11(2)16(13)26-27-29)18(30)12-4-7-25-17(15(12)20)19(21,22)23/h3-4,6-7,9,11,26-27H,5,8H2,1-2H3. The van der Waals surface area contributed by atoms with Crippen molar-refractivity contribution in [2.24, 2.45) is 0 Å². The van der Waals surface area contributed by atoms with Gasteiger partial charge in [0.15, 0.2) is 11.5 Å². The number of hydrogen-bond acceptors (Lipinski definition) is 6. The lowest BCUT2D eigenvalue weighted by Crippen LogP contribution is -2.46. The molecule has 2 N–H and O–H groups in total. The van der Waals surface area contributed by atoms with E-state index in [2.05, 4.69) is 20.9 Å². The molecule has 0 fully saturated rings. The minimum atomic E-state index is -4.98. The van der Waals surface area contributed by atoms with Crippen molar-refractivity contribution in [1.82, 2.24) is 25.8 Å². The summed E-state index contributed by atoms with van der Waals surface area (Å²) in [5.41, 5.74) is 6.18. The number of hydrazine groups is 2. The highest BCUT2D eigenvalue weighted by Crippen LogP contribution is 2.33. The molecular formula is C19H18F4N6O. The van der Waals surface area contributed by atoms with E-state index >= 15 is 0 Å². The number of nitrogens with zero attached hydrogens (tertiary/aromatic N) is 4. The zero-order valence-electron chi connectivity index (χ0n) is 16.1. The number of anilines is 1. The summed E-state index contributed by atoms with van der Waals surface area (Å²) >= 11 is 0. The zero-order valence-corrected chi connectivity index (χ0v) is 16.1. The fraction of sp³-hybridized carbons (Fsp3) is 0.316. The minimum Gasteiger partial charge on any atom is -0.330 e. The molecule has 1 unspecified atom stereocenters. The van der Waals surface area contributed by atoms with Crippen LogP contribution in [0.15, 0.2) is 42.0 Å². The Morgan fingerprint density at radius 3 is 2.67 bits per heavy atom. The number of rotatable bonds is 2. The summed E-state index contributed by atoms with van der Waals surface area (Å²) in [6, 6.07) is 4.19. The summed E-state index contributed by atoms with van der Waals surface area (Å²) < 4.78 is 53.3. The lowest BCUT2D eigenvalue weighted by molar-refractivity contribution is -0.143. The molecule has 0 bridgehead atoms. The summed E-state index contributed by atoms with van der Waals surface area (Å²) in [7, 11) is 0. The first-order chi connectivity index (χ1) is 14.2. The van der Waals surface area contributed by atoms with Gasteiger partial charge in [-0.3, -0.25) is 4.79 Å². The number of halogens is 4. The average molecular weight is 422 g/mol. The molecule has 7 nitrogen and oxygen atoms in total. The molecule has 11 heteroatoms. The van der Waals surface area contributed by atoms with Crippen LogP contribution in [0.2, 0.25) is 0 Å². The molecule has 1 atom stereocenters. The van der Waals surface area contributed by atoms with Gasteiger partial charge in [-0.15, -0.1) is 5.53 Å². The van der Waals surface area contributed by atoms with Crippen molar-refractivity contribution in [2.75, 3.05) is 11.6 Å². The summed E-state index contributed by atoms with van der Waals surface area (Å²) in [6.45, 7) is 3.86. The van der Waals surface area contributed by atoms with E-state index in [-0.39, 0.29) is 6.54 Å². The molecule has 4 rings (SSSR count). The maximum Gasteiger partial charge on any atom is 0.436 e. The molecule has 2 aromatic heterocycles. The fourth-order valence-electron chi connectivity index (χ4n) is 3.62. The molecule has 158 valence electrons. The first-order valence-corrected chi connectivity index (χ1v) is 9.18. The molecule has 0 saturated heterocycles. The number of alkyl halides is 3. The van der Waals surface area contributed by atoms with Crippen molar-refractivity contribution in [3.63, 3.8) is 0 Å². The molecule has 0 spiro atoms. The monoisotopic (exact) mass is 422 g/mol. The molecule has 4 heterocycles. The van der Waals surface area contributed by atoms with Gasteiger partial charge in [0.05, 0.1) is 23.0 Å². The summed E-state index contributed by atoms with van der Waals surface area (Å²) in [6.07, 6.45) is -2.11. The molecule has 2 aliphatic rings. The highest BCUT2D eigenvalue weighted by Gasteiger charge is 2.41. The molecule has 2 aliphatic heterocycles. The Balaban J connectivity index is 1.62. The number of pyridine rings is 2. The van der Waals surface area contributed by atoms with Gasteiger partial charge in [-0.05, 0) is 37.6 Å². The third-order valence-electron chi connectivity index (χ3n) is 5.14. The van der Waals surface area contributed by atoms with Crippen molar-refractivity contribution in [3.05, 3.63) is 64.6 Å². The van der Waals surface area contributed by atoms with Gasteiger partial charge in [0.25, 0.3) is 5.91 Å². The smallest absolute Gasteiger partial charge is 0.330 e. The van der Waals surface area contributed by atoms with Crippen molar-refractivity contribution in [2.45, 2.75) is 32.5 Å². The van der Waals surface area contributed by atoms with E-state index in [0.29, 0.717) is 17.9 Å². The Kier molecular flexibility index (Phi) is 4.85. The van der Waals surface area contributed by atoms with Crippen LogP contribution >= 0.6 is 0 Å². The van der Waals surface area contributed by atoms with E-state index in [1.54, 1.807) is 18.1 Å². The van der Waals surface area contributed by atoms with Gasteiger partial charge < -0.3 is 10.3 Å². The van der Waals surface area contributed by atoms with Gasteiger partial charge in [0, 0.05) is 25.4 Å². The van der Waals surface area contributed by atoms with E-state index in [0.717, 1.165) is 23.5 Å². The highest BCUT2D eigenvalue weighted by molar-refractivity contribution is 5.95. The molecule has 0 saturated carbocycles. The normalized spacial score (nSPS) is 19.1. The Bertz CT molecular complexity index is 1040. The highest BCUT2D eigenvalue weighted by atomic mass is 19.4.